The average molecular weight is 262 g/mol. The molecular formula is C12H21ClFN3. The first-order valence-corrected chi connectivity index (χ1v) is 7.17. The number of hydrogen-bond acceptors (Lipinski definition) is 3. The van der Waals surface area contributed by atoms with Gasteiger partial charge in [0.05, 0.1) is 11.5 Å². The molecule has 1 aliphatic carbocycles. The molecule has 3 rings (SSSR count). The number of halogens is 2. The lowest BCUT2D eigenvalue weighted by Gasteiger charge is -2.39. The van der Waals surface area contributed by atoms with E-state index in [1.807, 2.05) is 0 Å². The molecule has 0 spiro atoms. The summed E-state index contributed by atoms with van der Waals surface area (Å²) in [5.41, 5.74) is 0. The predicted octanol–water partition coefficient (Wildman–Crippen LogP) is 0.935. The summed E-state index contributed by atoms with van der Waals surface area (Å²) in [6.07, 6.45) is 2.22. The van der Waals surface area contributed by atoms with E-state index in [-0.39, 0.29) is 5.38 Å². The fourth-order valence-electron chi connectivity index (χ4n) is 3.58. The SMILES string of the molecule is FC1CC(C2CNC3CNCCN32)CCC1Cl. The summed E-state index contributed by atoms with van der Waals surface area (Å²) in [5.74, 6) is 0.482. The zero-order chi connectivity index (χ0) is 11.8. The van der Waals surface area contributed by atoms with Crippen molar-refractivity contribution in [2.24, 2.45) is 5.92 Å². The van der Waals surface area contributed by atoms with Gasteiger partial charge in [0.1, 0.15) is 6.17 Å². The van der Waals surface area contributed by atoms with Crippen LogP contribution in [0, 0.1) is 5.92 Å². The van der Waals surface area contributed by atoms with Crippen molar-refractivity contribution in [3.05, 3.63) is 0 Å². The molecule has 0 radical (unpaired) electrons. The summed E-state index contributed by atoms with van der Waals surface area (Å²) in [4.78, 5) is 2.53. The highest BCUT2D eigenvalue weighted by Gasteiger charge is 2.41. The summed E-state index contributed by atoms with van der Waals surface area (Å²) >= 11 is 5.96. The summed E-state index contributed by atoms with van der Waals surface area (Å²) in [6.45, 7) is 4.16. The van der Waals surface area contributed by atoms with Gasteiger partial charge >= 0.3 is 0 Å². The standard InChI is InChI=1S/C12H21ClFN3/c13-9-2-1-8(5-10(9)14)11-6-16-12-7-15-3-4-17(11)12/h8-12,15-16H,1-7H2. The molecule has 1 saturated carbocycles. The second-order valence-corrected chi connectivity index (χ2v) is 6.10. The molecule has 0 bridgehead atoms. The van der Waals surface area contributed by atoms with Gasteiger partial charge in [-0.25, -0.2) is 4.39 Å². The minimum Gasteiger partial charge on any atom is -0.313 e. The van der Waals surface area contributed by atoms with Gasteiger partial charge in [-0.05, 0) is 25.2 Å². The smallest absolute Gasteiger partial charge is 0.117 e. The molecule has 0 aromatic rings. The second-order valence-electron chi connectivity index (χ2n) is 5.54. The van der Waals surface area contributed by atoms with E-state index in [0.717, 1.165) is 39.0 Å². The van der Waals surface area contributed by atoms with Crippen molar-refractivity contribution in [2.45, 2.75) is 43.0 Å². The Morgan fingerprint density at radius 2 is 2.12 bits per heavy atom. The first-order chi connectivity index (χ1) is 8.25. The number of hydrogen-bond donors (Lipinski definition) is 2. The van der Waals surface area contributed by atoms with Crippen LogP contribution in [0.4, 0.5) is 4.39 Å². The summed E-state index contributed by atoms with van der Waals surface area (Å²) < 4.78 is 13.7. The molecule has 2 heterocycles. The maximum atomic E-state index is 13.7. The molecular weight excluding hydrogens is 241 g/mol. The van der Waals surface area contributed by atoms with Gasteiger partial charge in [-0.3, -0.25) is 10.2 Å². The van der Waals surface area contributed by atoms with Crippen molar-refractivity contribution >= 4 is 11.6 Å². The van der Waals surface area contributed by atoms with E-state index in [1.54, 1.807) is 0 Å². The summed E-state index contributed by atoms with van der Waals surface area (Å²) in [7, 11) is 0. The van der Waals surface area contributed by atoms with Crippen molar-refractivity contribution in [3.63, 3.8) is 0 Å². The van der Waals surface area contributed by atoms with Gasteiger partial charge in [-0.15, -0.1) is 11.6 Å². The number of alkyl halides is 2. The fraction of sp³-hybridized carbons (Fsp3) is 1.00. The van der Waals surface area contributed by atoms with Gasteiger partial charge in [-0.2, -0.15) is 0 Å². The largest absolute Gasteiger partial charge is 0.313 e. The van der Waals surface area contributed by atoms with E-state index in [4.69, 9.17) is 11.6 Å². The molecule has 98 valence electrons. The molecule has 0 aromatic heterocycles. The number of fused-ring (bicyclic) bond motifs is 1. The average Bonchev–Trinajstić information content (AvgIpc) is 2.76. The first-order valence-electron chi connectivity index (χ1n) is 6.73. The van der Waals surface area contributed by atoms with Gasteiger partial charge in [-0.1, -0.05) is 0 Å². The quantitative estimate of drug-likeness (QED) is 0.688. The van der Waals surface area contributed by atoms with E-state index >= 15 is 0 Å². The fourth-order valence-corrected chi connectivity index (χ4v) is 3.81. The Morgan fingerprint density at radius 3 is 2.94 bits per heavy atom. The Hall–Kier alpha value is 0.1000. The van der Waals surface area contributed by atoms with Crippen LogP contribution < -0.4 is 10.6 Å². The topological polar surface area (TPSA) is 27.3 Å². The van der Waals surface area contributed by atoms with Gasteiger partial charge in [0.2, 0.25) is 0 Å². The van der Waals surface area contributed by atoms with E-state index in [9.17, 15) is 4.39 Å². The molecule has 17 heavy (non-hydrogen) atoms. The lowest BCUT2D eigenvalue weighted by Crippen LogP contribution is -2.55. The van der Waals surface area contributed by atoms with Gasteiger partial charge < -0.3 is 5.32 Å². The van der Waals surface area contributed by atoms with Crippen molar-refractivity contribution in [3.8, 4) is 0 Å². The minimum atomic E-state index is -0.808. The third-order valence-electron chi connectivity index (χ3n) is 4.55. The van der Waals surface area contributed by atoms with Gasteiger partial charge in [0.15, 0.2) is 0 Å². The number of nitrogens with one attached hydrogen (secondary N) is 2. The Labute approximate surface area is 107 Å². The highest BCUT2D eigenvalue weighted by molar-refractivity contribution is 6.21. The van der Waals surface area contributed by atoms with E-state index < -0.39 is 6.17 Å². The monoisotopic (exact) mass is 261 g/mol. The van der Waals surface area contributed by atoms with Crippen molar-refractivity contribution < 1.29 is 4.39 Å². The molecule has 5 heteroatoms. The lowest BCUT2D eigenvalue weighted by atomic mass is 9.82. The van der Waals surface area contributed by atoms with Crippen molar-refractivity contribution in [1.82, 2.24) is 15.5 Å². The Bertz CT molecular complexity index is 278. The van der Waals surface area contributed by atoms with E-state index in [0.29, 0.717) is 24.5 Å². The van der Waals surface area contributed by atoms with Crippen LogP contribution in [0.2, 0.25) is 0 Å². The highest BCUT2D eigenvalue weighted by Crippen LogP contribution is 2.35. The summed E-state index contributed by atoms with van der Waals surface area (Å²) in [5, 5.41) is 6.69. The maximum absolute atomic E-state index is 13.7. The van der Waals surface area contributed by atoms with E-state index in [1.165, 1.54) is 0 Å². The third-order valence-corrected chi connectivity index (χ3v) is 5.04. The molecule has 3 fully saturated rings. The first kappa shape index (κ1) is 12.2. The van der Waals surface area contributed by atoms with Crippen LogP contribution in [0.15, 0.2) is 0 Å². The Morgan fingerprint density at radius 1 is 1.24 bits per heavy atom. The number of rotatable bonds is 1. The minimum absolute atomic E-state index is 0.251. The molecule has 0 amide bonds. The number of nitrogens with zero attached hydrogens (tertiary/aromatic N) is 1. The zero-order valence-electron chi connectivity index (χ0n) is 10.0. The second kappa shape index (κ2) is 5.00. The Balaban J connectivity index is 1.64. The van der Waals surface area contributed by atoms with Gasteiger partial charge in [0.25, 0.3) is 0 Å². The molecule has 0 aromatic carbocycles. The van der Waals surface area contributed by atoms with Gasteiger partial charge in [0, 0.05) is 32.2 Å². The highest BCUT2D eigenvalue weighted by atomic mass is 35.5. The van der Waals surface area contributed by atoms with Crippen LogP contribution in [-0.2, 0) is 0 Å². The van der Waals surface area contributed by atoms with Crippen LogP contribution in [0.25, 0.3) is 0 Å². The van der Waals surface area contributed by atoms with Crippen LogP contribution in [0.5, 0.6) is 0 Å². The maximum Gasteiger partial charge on any atom is 0.117 e. The molecule has 5 unspecified atom stereocenters. The lowest BCUT2D eigenvalue weighted by molar-refractivity contribution is 0.0857. The zero-order valence-corrected chi connectivity index (χ0v) is 10.8. The third kappa shape index (κ3) is 2.33. The molecule has 2 aliphatic heterocycles. The Kier molecular flexibility index (Phi) is 3.57. The van der Waals surface area contributed by atoms with Crippen LogP contribution >= 0.6 is 11.6 Å². The van der Waals surface area contributed by atoms with Crippen LogP contribution in [0.3, 0.4) is 0 Å². The molecule has 5 atom stereocenters. The van der Waals surface area contributed by atoms with Crippen molar-refractivity contribution in [1.29, 1.82) is 0 Å². The normalized spacial score (nSPS) is 48.0. The van der Waals surface area contributed by atoms with Crippen LogP contribution in [-0.4, -0.2) is 54.8 Å². The van der Waals surface area contributed by atoms with Crippen LogP contribution in [0.1, 0.15) is 19.3 Å². The van der Waals surface area contributed by atoms with E-state index in [2.05, 4.69) is 15.5 Å². The molecule has 3 nitrogen and oxygen atoms in total. The predicted molar refractivity (Wildman–Crippen MR) is 67.0 cm³/mol. The number of piperazine rings is 1. The summed E-state index contributed by atoms with van der Waals surface area (Å²) in [6, 6.07) is 0.518. The molecule has 2 saturated heterocycles. The molecule has 3 aliphatic rings. The van der Waals surface area contributed by atoms with Crippen molar-refractivity contribution in [2.75, 3.05) is 26.2 Å². The molecule has 2 N–H and O–H groups in total.